The smallest absolute Gasteiger partial charge is 0.264 e. The van der Waals surface area contributed by atoms with Crippen molar-refractivity contribution in [1.29, 1.82) is 0 Å². The van der Waals surface area contributed by atoms with Crippen molar-refractivity contribution in [2.24, 2.45) is 5.92 Å². The second kappa shape index (κ2) is 9.95. The number of halogens is 1. The summed E-state index contributed by atoms with van der Waals surface area (Å²) in [7, 11) is 0. The highest BCUT2D eigenvalue weighted by molar-refractivity contribution is 9.10. The molecule has 1 aliphatic rings. The molecule has 0 saturated heterocycles. The molecule has 170 valence electrons. The quantitative estimate of drug-likeness (QED) is 0.414. The van der Waals surface area contributed by atoms with Gasteiger partial charge in [0.05, 0.1) is 12.2 Å². The molecule has 1 aliphatic heterocycles. The maximum Gasteiger partial charge on any atom is 0.264 e. The summed E-state index contributed by atoms with van der Waals surface area (Å²) in [6.07, 6.45) is 2.80. The van der Waals surface area contributed by atoms with Gasteiger partial charge in [0.15, 0.2) is 5.60 Å². The number of amides is 2. The fourth-order valence-electron chi connectivity index (χ4n) is 3.77. The molecule has 0 aliphatic carbocycles. The summed E-state index contributed by atoms with van der Waals surface area (Å²) in [5, 5.41) is 32.7. The molecule has 2 aromatic carbocycles. The second-order valence-corrected chi connectivity index (χ2v) is 8.83. The Balaban J connectivity index is 1.94. The Morgan fingerprint density at radius 2 is 2.00 bits per heavy atom. The summed E-state index contributed by atoms with van der Waals surface area (Å²) in [4.78, 5) is 26.8. The third-order valence-corrected chi connectivity index (χ3v) is 6.02. The molecular weight excluding hydrogens is 476 g/mol. The molecule has 0 saturated carbocycles. The van der Waals surface area contributed by atoms with Gasteiger partial charge in [0.1, 0.15) is 6.10 Å². The summed E-state index contributed by atoms with van der Waals surface area (Å²) in [5.74, 6) is -1.48. The number of nitrogens with zero attached hydrogens (tertiary/aromatic N) is 1. The minimum absolute atomic E-state index is 0.00814. The number of carbonyl (C=O) groups excluding carboxylic acids is 2. The van der Waals surface area contributed by atoms with E-state index in [0.717, 1.165) is 10.0 Å². The van der Waals surface area contributed by atoms with E-state index in [0.29, 0.717) is 23.4 Å². The van der Waals surface area contributed by atoms with Crippen LogP contribution in [0.5, 0.6) is 0 Å². The second-order valence-electron chi connectivity index (χ2n) is 7.91. The molecule has 8 heteroatoms. The van der Waals surface area contributed by atoms with E-state index in [9.17, 15) is 19.8 Å². The standard InChI is InChI=1S/C24H27BrN2O5/c1-15(6-3-4-11-28)24(32)20-13-18(25)9-10-21(20)27(23(24)31)14-17-7-5-8-19(12-17)26-22(30)16(2)29/h3,5-10,12-13,15-16,28-29,32H,4,11,14H2,1-2H3,(H,26,30)/b6-3+/t15-,16+,24+/m1/s1. The van der Waals surface area contributed by atoms with Crippen molar-refractivity contribution in [3.8, 4) is 0 Å². The molecule has 1 heterocycles. The Bertz CT molecular complexity index is 1040. The monoisotopic (exact) mass is 502 g/mol. The molecular formula is C24H27BrN2O5. The maximum absolute atomic E-state index is 13.5. The van der Waals surface area contributed by atoms with Crippen LogP contribution >= 0.6 is 15.9 Å². The highest BCUT2D eigenvalue weighted by Gasteiger charge is 2.52. The van der Waals surface area contributed by atoms with Crippen molar-refractivity contribution >= 4 is 39.1 Å². The van der Waals surface area contributed by atoms with Crippen molar-refractivity contribution in [1.82, 2.24) is 0 Å². The summed E-state index contributed by atoms with van der Waals surface area (Å²) in [6.45, 7) is 3.34. The van der Waals surface area contributed by atoms with E-state index in [2.05, 4.69) is 21.2 Å². The van der Waals surface area contributed by atoms with E-state index in [1.807, 2.05) is 12.1 Å². The third kappa shape index (κ3) is 4.78. The Hall–Kier alpha value is -2.52. The van der Waals surface area contributed by atoms with E-state index in [1.165, 1.54) is 11.8 Å². The van der Waals surface area contributed by atoms with Gasteiger partial charge in [-0.2, -0.15) is 0 Å². The van der Waals surface area contributed by atoms with Gasteiger partial charge >= 0.3 is 0 Å². The topological polar surface area (TPSA) is 110 Å². The molecule has 0 aromatic heterocycles. The molecule has 0 unspecified atom stereocenters. The first-order valence-corrected chi connectivity index (χ1v) is 11.2. The Morgan fingerprint density at radius 3 is 2.69 bits per heavy atom. The van der Waals surface area contributed by atoms with Crippen LogP contribution in [0.25, 0.3) is 0 Å². The lowest BCUT2D eigenvalue weighted by Gasteiger charge is -2.27. The molecule has 0 fully saturated rings. The van der Waals surface area contributed by atoms with Gasteiger partial charge in [-0.1, -0.05) is 47.1 Å². The van der Waals surface area contributed by atoms with E-state index >= 15 is 0 Å². The van der Waals surface area contributed by atoms with E-state index < -0.39 is 29.4 Å². The van der Waals surface area contributed by atoms with E-state index in [1.54, 1.807) is 49.4 Å². The van der Waals surface area contributed by atoms with Gasteiger partial charge in [-0.15, -0.1) is 0 Å². The summed E-state index contributed by atoms with van der Waals surface area (Å²) in [5.41, 5.74) is 0.636. The first-order valence-electron chi connectivity index (χ1n) is 10.4. The number of benzene rings is 2. The molecule has 7 nitrogen and oxygen atoms in total. The predicted octanol–water partition coefficient (Wildman–Crippen LogP) is 3.08. The number of hydrogen-bond acceptors (Lipinski definition) is 5. The van der Waals surface area contributed by atoms with Crippen LogP contribution in [0.15, 0.2) is 59.1 Å². The summed E-state index contributed by atoms with van der Waals surface area (Å²) in [6, 6.07) is 12.4. The lowest BCUT2D eigenvalue weighted by atomic mass is 9.83. The summed E-state index contributed by atoms with van der Waals surface area (Å²) >= 11 is 3.43. The fourth-order valence-corrected chi connectivity index (χ4v) is 4.13. The average molecular weight is 503 g/mol. The fraction of sp³-hybridized carbons (Fsp3) is 0.333. The zero-order valence-electron chi connectivity index (χ0n) is 18.0. The van der Waals surface area contributed by atoms with Crippen LogP contribution in [-0.2, 0) is 21.7 Å². The SMILES string of the molecule is C[C@H](O)C(=O)Nc1cccc(CN2C(=O)[C@](O)([C@H](C)/C=C/CCO)c3cc(Br)ccc32)c1. The van der Waals surface area contributed by atoms with E-state index in [4.69, 9.17) is 5.11 Å². The van der Waals surface area contributed by atoms with E-state index in [-0.39, 0.29) is 13.2 Å². The Labute approximate surface area is 195 Å². The zero-order chi connectivity index (χ0) is 23.5. The number of aliphatic hydroxyl groups excluding tert-OH is 2. The van der Waals surface area contributed by atoms with Crippen molar-refractivity contribution in [3.63, 3.8) is 0 Å². The highest BCUT2D eigenvalue weighted by Crippen LogP contribution is 2.46. The predicted molar refractivity (Wildman–Crippen MR) is 126 cm³/mol. The number of carbonyl (C=O) groups is 2. The molecule has 0 radical (unpaired) electrons. The van der Waals surface area contributed by atoms with Gasteiger partial charge in [-0.3, -0.25) is 9.59 Å². The number of rotatable bonds is 8. The normalized spacial score (nSPS) is 19.8. The average Bonchev–Trinajstić information content (AvgIpc) is 2.96. The Morgan fingerprint density at radius 1 is 1.25 bits per heavy atom. The first kappa shape index (κ1) is 24.1. The largest absolute Gasteiger partial charge is 0.396 e. The van der Waals surface area contributed by atoms with Gasteiger partial charge in [-0.25, -0.2) is 0 Å². The van der Waals surface area contributed by atoms with Crippen molar-refractivity contribution < 1.29 is 24.9 Å². The number of fused-ring (bicyclic) bond motifs is 1. The van der Waals surface area contributed by atoms with Crippen LogP contribution in [0.4, 0.5) is 11.4 Å². The van der Waals surface area contributed by atoms with Crippen molar-refractivity contribution in [2.75, 3.05) is 16.8 Å². The lowest BCUT2D eigenvalue weighted by molar-refractivity contribution is -0.139. The molecule has 3 rings (SSSR count). The van der Waals surface area contributed by atoms with Crippen LogP contribution in [0.3, 0.4) is 0 Å². The minimum atomic E-state index is -1.75. The maximum atomic E-state index is 13.5. The van der Waals surface area contributed by atoms with Crippen LogP contribution in [0, 0.1) is 5.92 Å². The molecule has 3 atom stereocenters. The van der Waals surface area contributed by atoms with Crippen LogP contribution < -0.4 is 10.2 Å². The first-order chi connectivity index (χ1) is 15.2. The molecule has 0 spiro atoms. The summed E-state index contributed by atoms with van der Waals surface area (Å²) < 4.78 is 0.749. The highest BCUT2D eigenvalue weighted by atomic mass is 79.9. The van der Waals surface area contributed by atoms with Gasteiger partial charge < -0.3 is 25.5 Å². The van der Waals surface area contributed by atoms with Gasteiger partial charge in [0.25, 0.3) is 11.8 Å². The molecule has 0 bridgehead atoms. The van der Waals surface area contributed by atoms with Crippen molar-refractivity contribution in [2.45, 2.75) is 38.5 Å². The lowest BCUT2D eigenvalue weighted by Crippen LogP contribution is -2.44. The molecule has 4 N–H and O–H groups in total. The minimum Gasteiger partial charge on any atom is -0.396 e. The zero-order valence-corrected chi connectivity index (χ0v) is 19.5. The van der Waals surface area contributed by atoms with Gasteiger partial charge in [0.2, 0.25) is 0 Å². The van der Waals surface area contributed by atoms with Crippen molar-refractivity contribution in [3.05, 3.63) is 70.2 Å². The number of aliphatic hydroxyl groups is 3. The number of hydrogen-bond donors (Lipinski definition) is 4. The molecule has 2 amide bonds. The number of nitrogens with one attached hydrogen (secondary N) is 1. The Kier molecular flexibility index (Phi) is 7.51. The third-order valence-electron chi connectivity index (χ3n) is 5.53. The van der Waals surface area contributed by atoms with Crippen LogP contribution in [-0.4, -0.2) is 39.8 Å². The molecule has 32 heavy (non-hydrogen) atoms. The van der Waals surface area contributed by atoms with Gasteiger partial charge in [-0.05, 0) is 49.2 Å². The molecule has 2 aromatic rings. The number of anilines is 2. The van der Waals surface area contributed by atoms with Crippen LogP contribution in [0.2, 0.25) is 0 Å². The van der Waals surface area contributed by atoms with Gasteiger partial charge in [0, 0.05) is 28.2 Å². The van der Waals surface area contributed by atoms with Crippen LogP contribution in [0.1, 0.15) is 31.4 Å².